The molecule has 0 spiro atoms. The second-order valence-corrected chi connectivity index (χ2v) is 3.16. The van der Waals surface area contributed by atoms with Gasteiger partial charge in [0.05, 0.1) is 0 Å². The van der Waals surface area contributed by atoms with Crippen molar-refractivity contribution in [1.82, 2.24) is 0 Å². The highest BCUT2D eigenvalue weighted by Crippen LogP contribution is 2.20. The Kier molecular flexibility index (Phi) is 3.19. The van der Waals surface area contributed by atoms with Crippen molar-refractivity contribution in [2.24, 2.45) is 0 Å². The first-order valence-corrected chi connectivity index (χ1v) is 4.25. The summed E-state index contributed by atoms with van der Waals surface area (Å²) in [6.45, 7) is 0. The second kappa shape index (κ2) is 4.18. The Bertz CT molecular complexity index is 340. The van der Waals surface area contributed by atoms with E-state index in [-0.39, 0.29) is 5.56 Å². The first kappa shape index (κ1) is 9.92. The minimum Gasteiger partial charge on any atom is -0.478 e. The smallest absolute Gasteiger partial charge is 0.328 e. The number of halogens is 2. The molecule has 2 nitrogen and oxygen atoms in total. The molecule has 0 saturated carbocycles. The zero-order chi connectivity index (χ0) is 9.84. The number of carbonyl (C=O) groups is 1. The molecule has 0 aliphatic carbocycles. The van der Waals surface area contributed by atoms with E-state index in [1.54, 1.807) is 6.07 Å². The van der Waals surface area contributed by atoms with E-state index in [1.807, 2.05) is 0 Å². The van der Waals surface area contributed by atoms with Crippen LogP contribution in [0, 0.1) is 5.82 Å². The highest BCUT2D eigenvalue weighted by atomic mass is 79.9. The number of carboxylic acids is 1. The van der Waals surface area contributed by atoms with E-state index >= 15 is 0 Å². The van der Waals surface area contributed by atoms with Crippen LogP contribution in [0.3, 0.4) is 0 Å². The molecule has 0 aliphatic rings. The molecular weight excluding hydrogens is 239 g/mol. The highest BCUT2D eigenvalue weighted by molar-refractivity contribution is 9.10. The summed E-state index contributed by atoms with van der Waals surface area (Å²) in [6.07, 6.45) is 2.10. The van der Waals surface area contributed by atoms with Crippen molar-refractivity contribution in [3.63, 3.8) is 0 Å². The number of hydrogen-bond acceptors (Lipinski definition) is 1. The Morgan fingerprint density at radius 2 is 2.23 bits per heavy atom. The molecule has 1 N–H and O–H groups in total. The summed E-state index contributed by atoms with van der Waals surface area (Å²) in [6, 6.07) is 4.45. The van der Waals surface area contributed by atoms with Crippen molar-refractivity contribution in [2.45, 2.75) is 0 Å². The van der Waals surface area contributed by atoms with E-state index < -0.39 is 11.8 Å². The van der Waals surface area contributed by atoms with Gasteiger partial charge >= 0.3 is 5.97 Å². The third kappa shape index (κ3) is 2.66. The van der Waals surface area contributed by atoms with Gasteiger partial charge in [0.25, 0.3) is 0 Å². The average molecular weight is 245 g/mol. The number of benzene rings is 1. The van der Waals surface area contributed by atoms with Gasteiger partial charge < -0.3 is 5.11 Å². The van der Waals surface area contributed by atoms with Crippen LogP contribution in [0.25, 0.3) is 6.08 Å². The molecule has 0 radical (unpaired) electrons. The normalized spacial score (nSPS) is 10.6. The molecule has 0 amide bonds. The van der Waals surface area contributed by atoms with Gasteiger partial charge in [0.15, 0.2) is 0 Å². The van der Waals surface area contributed by atoms with Crippen LogP contribution >= 0.6 is 15.9 Å². The lowest BCUT2D eigenvalue weighted by molar-refractivity contribution is -0.131. The second-order valence-electron chi connectivity index (χ2n) is 2.31. The molecule has 0 aliphatic heterocycles. The molecule has 1 rings (SSSR count). The van der Waals surface area contributed by atoms with Gasteiger partial charge in [-0.3, -0.25) is 0 Å². The van der Waals surface area contributed by atoms with Crippen LogP contribution in [0.4, 0.5) is 4.39 Å². The Hall–Kier alpha value is -1.16. The zero-order valence-electron chi connectivity index (χ0n) is 6.50. The van der Waals surface area contributed by atoms with E-state index in [0.29, 0.717) is 4.47 Å². The fraction of sp³-hybridized carbons (Fsp3) is 0. The summed E-state index contributed by atoms with van der Waals surface area (Å²) in [7, 11) is 0. The molecule has 1 aromatic carbocycles. The molecule has 0 saturated heterocycles. The fourth-order valence-electron chi connectivity index (χ4n) is 0.825. The maximum atomic E-state index is 13.0. The third-order valence-corrected chi connectivity index (χ3v) is 2.08. The van der Waals surface area contributed by atoms with Gasteiger partial charge in [0, 0.05) is 16.1 Å². The Morgan fingerprint density at radius 1 is 1.54 bits per heavy atom. The van der Waals surface area contributed by atoms with Crippen LogP contribution in [-0.2, 0) is 4.79 Å². The minimum atomic E-state index is -1.10. The Balaban J connectivity index is 3.06. The van der Waals surface area contributed by atoms with E-state index in [2.05, 4.69) is 15.9 Å². The molecule has 0 bridgehead atoms. The molecule has 1 aromatic rings. The lowest BCUT2D eigenvalue weighted by Gasteiger charge is -1.98. The van der Waals surface area contributed by atoms with Gasteiger partial charge in [0.2, 0.25) is 0 Å². The number of carboxylic acid groups (broad SMARTS) is 1. The minimum absolute atomic E-state index is 0.241. The molecular formula is C9H6BrFO2. The fourth-order valence-corrected chi connectivity index (χ4v) is 1.30. The lowest BCUT2D eigenvalue weighted by atomic mass is 10.2. The predicted octanol–water partition coefficient (Wildman–Crippen LogP) is 2.69. The van der Waals surface area contributed by atoms with E-state index in [0.717, 1.165) is 6.08 Å². The summed E-state index contributed by atoms with van der Waals surface area (Å²) in [5.41, 5.74) is 0.241. The largest absolute Gasteiger partial charge is 0.478 e. The van der Waals surface area contributed by atoms with Crippen LogP contribution in [-0.4, -0.2) is 11.1 Å². The van der Waals surface area contributed by atoms with E-state index in [9.17, 15) is 9.18 Å². The molecule has 4 heteroatoms. The maximum absolute atomic E-state index is 13.0. The van der Waals surface area contributed by atoms with Crippen LogP contribution in [0.1, 0.15) is 5.56 Å². The average Bonchev–Trinajstić information content (AvgIpc) is 2.03. The molecule has 0 fully saturated rings. The van der Waals surface area contributed by atoms with Crippen molar-refractivity contribution >= 4 is 28.0 Å². The third-order valence-electron chi connectivity index (χ3n) is 1.39. The Morgan fingerprint density at radius 3 is 2.77 bits per heavy atom. The number of rotatable bonds is 2. The quantitative estimate of drug-likeness (QED) is 0.813. The van der Waals surface area contributed by atoms with Crippen molar-refractivity contribution in [1.29, 1.82) is 0 Å². The van der Waals surface area contributed by atoms with Crippen LogP contribution in [0.2, 0.25) is 0 Å². The number of aliphatic carboxylic acids is 1. The zero-order valence-corrected chi connectivity index (χ0v) is 8.08. The van der Waals surface area contributed by atoms with Crippen molar-refractivity contribution in [2.75, 3.05) is 0 Å². The molecule has 68 valence electrons. The summed E-state index contributed by atoms with van der Waals surface area (Å²) < 4.78 is 13.6. The van der Waals surface area contributed by atoms with Crippen molar-refractivity contribution in [3.05, 3.63) is 40.1 Å². The van der Waals surface area contributed by atoms with E-state index in [1.165, 1.54) is 18.2 Å². The number of hydrogen-bond donors (Lipinski definition) is 1. The summed E-state index contributed by atoms with van der Waals surface area (Å²) >= 11 is 3.11. The lowest BCUT2D eigenvalue weighted by Crippen LogP contribution is -1.88. The van der Waals surface area contributed by atoms with Gasteiger partial charge in [0.1, 0.15) is 5.82 Å². The van der Waals surface area contributed by atoms with Crippen LogP contribution < -0.4 is 0 Å². The highest BCUT2D eigenvalue weighted by Gasteiger charge is 2.02. The van der Waals surface area contributed by atoms with Crippen molar-refractivity contribution in [3.8, 4) is 0 Å². The standard InChI is InChI=1S/C9H6BrFO2/c10-7-2-1-3-8(11)6(7)4-5-9(12)13/h1-5H,(H,12,13)/b5-4+. The van der Waals surface area contributed by atoms with E-state index in [4.69, 9.17) is 5.11 Å². The summed E-state index contributed by atoms with van der Waals surface area (Å²) in [5.74, 6) is -1.55. The van der Waals surface area contributed by atoms with Gasteiger partial charge in [-0.15, -0.1) is 0 Å². The monoisotopic (exact) mass is 244 g/mol. The van der Waals surface area contributed by atoms with Gasteiger partial charge in [-0.05, 0) is 18.2 Å². The molecule has 0 heterocycles. The van der Waals surface area contributed by atoms with Gasteiger partial charge in [-0.1, -0.05) is 22.0 Å². The Labute approximate surface area is 82.8 Å². The topological polar surface area (TPSA) is 37.3 Å². The molecule has 0 atom stereocenters. The van der Waals surface area contributed by atoms with Crippen LogP contribution in [0.5, 0.6) is 0 Å². The van der Waals surface area contributed by atoms with Crippen LogP contribution in [0.15, 0.2) is 28.7 Å². The van der Waals surface area contributed by atoms with Gasteiger partial charge in [-0.25, -0.2) is 9.18 Å². The van der Waals surface area contributed by atoms with Crippen molar-refractivity contribution < 1.29 is 14.3 Å². The molecule has 13 heavy (non-hydrogen) atoms. The summed E-state index contributed by atoms with van der Waals surface area (Å²) in [4.78, 5) is 10.2. The first-order valence-electron chi connectivity index (χ1n) is 3.46. The summed E-state index contributed by atoms with van der Waals surface area (Å²) in [5, 5.41) is 8.33. The molecule has 0 unspecified atom stereocenters. The predicted molar refractivity (Wildman–Crippen MR) is 50.8 cm³/mol. The van der Waals surface area contributed by atoms with Gasteiger partial charge in [-0.2, -0.15) is 0 Å². The maximum Gasteiger partial charge on any atom is 0.328 e. The SMILES string of the molecule is O=C(O)/C=C/c1c(F)cccc1Br. The molecule has 0 aromatic heterocycles. The first-order chi connectivity index (χ1) is 6.11.